The summed E-state index contributed by atoms with van der Waals surface area (Å²) in [7, 11) is -2.04. The van der Waals surface area contributed by atoms with Gasteiger partial charge in [-0.1, -0.05) is 17.7 Å². The molecule has 0 amide bonds. The van der Waals surface area contributed by atoms with Gasteiger partial charge in [0, 0.05) is 24.2 Å². The van der Waals surface area contributed by atoms with Crippen LogP contribution in [0.4, 0.5) is 5.69 Å². The second kappa shape index (κ2) is 6.13. The molecule has 0 fully saturated rings. The average Bonchev–Trinajstić information content (AvgIpc) is 2.88. The van der Waals surface area contributed by atoms with E-state index in [2.05, 4.69) is 0 Å². The number of nitrogen functional groups attached to an aromatic ring is 1. The van der Waals surface area contributed by atoms with Gasteiger partial charge < -0.3 is 5.73 Å². The predicted molar refractivity (Wildman–Crippen MR) is 83.7 cm³/mol. The zero-order valence-corrected chi connectivity index (χ0v) is 13.3. The Balaban J connectivity index is 2.16. The van der Waals surface area contributed by atoms with E-state index in [-0.39, 0.29) is 9.92 Å². The number of hydrogen-bond donors (Lipinski definition) is 1. The number of sulfonamides is 1. The Morgan fingerprint density at radius 3 is 2.70 bits per heavy atom. The van der Waals surface area contributed by atoms with Gasteiger partial charge in [-0.2, -0.15) is 0 Å². The van der Waals surface area contributed by atoms with Crippen molar-refractivity contribution in [3.05, 3.63) is 45.6 Å². The van der Waals surface area contributed by atoms with Crippen LogP contribution >= 0.6 is 22.9 Å². The quantitative estimate of drug-likeness (QED) is 0.857. The summed E-state index contributed by atoms with van der Waals surface area (Å²) in [4.78, 5) is 1.23. The summed E-state index contributed by atoms with van der Waals surface area (Å²) < 4.78 is 26.2. The zero-order valence-electron chi connectivity index (χ0n) is 10.9. The van der Waals surface area contributed by atoms with Crippen LogP contribution in [0.25, 0.3) is 0 Å². The lowest BCUT2D eigenvalue weighted by molar-refractivity contribution is 0.473. The molecule has 2 N–H and O–H groups in total. The summed E-state index contributed by atoms with van der Waals surface area (Å²) in [5.74, 6) is 0. The van der Waals surface area contributed by atoms with Crippen LogP contribution in [0.5, 0.6) is 0 Å². The molecule has 1 aromatic carbocycles. The first-order chi connectivity index (χ1) is 9.41. The van der Waals surface area contributed by atoms with Crippen molar-refractivity contribution >= 4 is 38.6 Å². The number of benzene rings is 1. The molecule has 0 spiro atoms. The number of halogens is 1. The Kier molecular flexibility index (Phi) is 4.70. The van der Waals surface area contributed by atoms with E-state index in [0.717, 1.165) is 4.88 Å². The molecular weight excluding hydrogens is 316 g/mol. The number of hydrogen-bond acceptors (Lipinski definition) is 4. The van der Waals surface area contributed by atoms with Crippen LogP contribution in [-0.2, 0) is 16.4 Å². The Hall–Kier alpha value is -1.08. The average molecular weight is 331 g/mol. The van der Waals surface area contributed by atoms with Gasteiger partial charge in [0.25, 0.3) is 0 Å². The highest BCUT2D eigenvalue weighted by Crippen LogP contribution is 2.26. The third-order valence-corrected chi connectivity index (χ3v) is 6.17. The first-order valence-electron chi connectivity index (χ1n) is 5.95. The van der Waals surface area contributed by atoms with Crippen LogP contribution in [0.3, 0.4) is 0 Å². The van der Waals surface area contributed by atoms with Gasteiger partial charge in [-0.15, -0.1) is 11.3 Å². The monoisotopic (exact) mass is 330 g/mol. The van der Waals surface area contributed by atoms with Crippen molar-refractivity contribution in [2.24, 2.45) is 0 Å². The molecule has 2 rings (SSSR count). The maximum Gasteiger partial charge on any atom is 0.244 e. The largest absolute Gasteiger partial charge is 0.399 e. The number of likely N-dealkylation sites (N-methyl/N-ethyl adjacent to an activating group) is 1. The standard InChI is InChI=1S/C13H15ClN2O2S2/c1-16(7-6-11-3-2-8-19-11)20(17,18)13-5-4-10(15)9-12(13)14/h2-5,8-9H,6-7,15H2,1H3. The second-order valence-corrected chi connectivity index (χ2v) is 7.80. The molecule has 1 aromatic heterocycles. The summed E-state index contributed by atoms with van der Waals surface area (Å²) in [5, 5.41) is 2.12. The lowest BCUT2D eigenvalue weighted by Crippen LogP contribution is -2.29. The van der Waals surface area contributed by atoms with Gasteiger partial charge in [0.05, 0.1) is 5.02 Å². The highest BCUT2D eigenvalue weighted by molar-refractivity contribution is 7.89. The topological polar surface area (TPSA) is 63.4 Å². The van der Waals surface area contributed by atoms with Crippen LogP contribution in [0.2, 0.25) is 5.02 Å². The minimum atomic E-state index is -3.59. The number of thiophene rings is 1. The first-order valence-corrected chi connectivity index (χ1v) is 8.65. The molecule has 20 heavy (non-hydrogen) atoms. The predicted octanol–water partition coefficient (Wildman–Crippen LogP) is 2.85. The van der Waals surface area contributed by atoms with E-state index in [0.29, 0.717) is 18.7 Å². The van der Waals surface area contributed by atoms with Gasteiger partial charge in [-0.25, -0.2) is 12.7 Å². The van der Waals surface area contributed by atoms with Gasteiger partial charge in [-0.3, -0.25) is 0 Å². The smallest absolute Gasteiger partial charge is 0.244 e. The molecule has 2 aromatic rings. The molecular formula is C13H15ClN2O2S2. The summed E-state index contributed by atoms with van der Waals surface area (Å²) in [6.07, 6.45) is 0.681. The van der Waals surface area contributed by atoms with Gasteiger partial charge in [0.2, 0.25) is 10.0 Å². The Morgan fingerprint density at radius 2 is 2.10 bits per heavy atom. The SMILES string of the molecule is CN(CCc1cccs1)S(=O)(=O)c1ccc(N)cc1Cl. The van der Waals surface area contributed by atoms with E-state index < -0.39 is 10.0 Å². The van der Waals surface area contributed by atoms with Crippen molar-refractivity contribution < 1.29 is 8.42 Å². The maximum absolute atomic E-state index is 12.4. The third kappa shape index (κ3) is 3.32. The minimum Gasteiger partial charge on any atom is -0.399 e. The van der Waals surface area contributed by atoms with E-state index in [9.17, 15) is 8.42 Å². The van der Waals surface area contributed by atoms with Crippen molar-refractivity contribution in [1.82, 2.24) is 4.31 Å². The molecule has 0 saturated heterocycles. The van der Waals surface area contributed by atoms with Gasteiger partial charge in [0.15, 0.2) is 0 Å². The first kappa shape index (κ1) is 15.3. The molecule has 0 saturated carbocycles. The van der Waals surface area contributed by atoms with Crippen molar-refractivity contribution in [1.29, 1.82) is 0 Å². The second-order valence-electron chi connectivity index (χ2n) is 4.35. The van der Waals surface area contributed by atoms with E-state index in [1.807, 2.05) is 17.5 Å². The number of nitrogens with zero attached hydrogens (tertiary/aromatic N) is 1. The van der Waals surface area contributed by atoms with Crippen LogP contribution in [0, 0.1) is 0 Å². The van der Waals surface area contributed by atoms with Crippen molar-refractivity contribution in [3.8, 4) is 0 Å². The third-order valence-electron chi connectivity index (χ3n) is 2.90. The zero-order chi connectivity index (χ0) is 14.8. The van der Waals surface area contributed by atoms with Crippen molar-refractivity contribution in [2.75, 3.05) is 19.3 Å². The molecule has 4 nitrogen and oxygen atoms in total. The van der Waals surface area contributed by atoms with E-state index in [1.54, 1.807) is 18.4 Å². The molecule has 0 radical (unpaired) electrons. The summed E-state index contributed by atoms with van der Waals surface area (Å²) >= 11 is 7.59. The molecule has 7 heteroatoms. The summed E-state index contributed by atoms with van der Waals surface area (Å²) in [6.45, 7) is 0.406. The van der Waals surface area contributed by atoms with Gasteiger partial charge >= 0.3 is 0 Å². The molecule has 108 valence electrons. The normalized spacial score (nSPS) is 11.9. The molecule has 0 unspecified atom stereocenters. The van der Waals surface area contributed by atoms with E-state index in [4.69, 9.17) is 17.3 Å². The highest BCUT2D eigenvalue weighted by Gasteiger charge is 2.23. The highest BCUT2D eigenvalue weighted by atomic mass is 35.5. The molecule has 0 atom stereocenters. The fourth-order valence-corrected chi connectivity index (χ4v) is 4.13. The fraction of sp³-hybridized carbons (Fsp3) is 0.231. The molecule has 1 heterocycles. The number of rotatable bonds is 5. The molecule has 0 bridgehead atoms. The molecule has 0 aliphatic carbocycles. The van der Waals surface area contributed by atoms with Crippen LogP contribution < -0.4 is 5.73 Å². The summed E-state index contributed by atoms with van der Waals surface area (Å²) in [5.41, 5.74) is 6.02. The van der Waals surface area contributed by atoms with Crippen LogP contribution in [-0.4, -0.2) is 26.3 Å². The van der Waals surface area contributed by atoms with Crippen LogP contribution in [0.15, 0.2) is 40.6 Å². The summed E-state index contributed by atoms with van der Waals surface area (Å²) in [6, 6.07) is 8.36. The Bertz CT molecular complexity index is 684. The maximum atomic E-state index is 12.4. The van der Waals surface area contributed by atoms with Gasteiger partial charge in [-0.05, 0) is 36.1 Å². The van der Waals surface area contributed by atoms with E-state index >= 15 is 0 Å². The number of anilines is 1. The van der Waals surface area contributed by atoms with Crippen LogP contribution in [0.1, 0.15) is 4.88 Å². The molecule has 0 aliphatic heterocycles. The van der Waals surface area contributed by atoms with Gasteiger partial charge in [0.1, 0.15) is 4.90 Å². The van der Waals surface area contributed by atoms with E-state index in [1.165, 1.54) is 22.5 Å². The van der Waals surface area contributed by atoms with Crippen molar-refractivity contribution in [2.45, 2.75) is 11.3 Å². The number of nitrogens with two attached hydrogens (primary N) is 1. The fourth-order valence-electron chi connectivity index (χ4n) is 1.74. The lowest BCUT2D eigenvalue weighted by atomic mass is 10.3. The minimum absolute atomic E-state index is 0.0852. The Labute approximate surface area is 127 Å². The van der Waals surface area contributed by atoms with Crippen molar-refractivity contribution in [3.63, 3.8) is 0 Å². The molecule has 0 aliphatic rings. The Morgan fingerprint density at radius 1 is 1.35 bits per heavy atom. The lowest BCUT2D eigenvalue weighted by Gasteiger charge is -2.17.